The van der Waals surface area contributed by atoms with Crippen LogP contribution in [0.5, 0.6) is 0 Å². The molecule has 0 aromatic heterocycles. The summed E-state index contributed by atoms with van der Waals surface area (Å²) >= 11 is 0. The molecule has 5 heteroatoms. The Labute approximate surface area is 156 Å². The Hall–Kier alpha value is -2.79. The molecule has 2 aromatic carbocycles. The van der Waals surface area contributed by atoms with Crippen molar-refractivity contribution in [2.45, 2.75) is 27.7 Å². The molecule has 1 aliphatic heterocycles. The van der Waals surface area contributed by atoms with E-state index >= 15 is 0 Å². The predicted octanol–water partition coefficient (Wildman–Crippen LogP) is 3.92. The van der Waals surface area contributed by atoms with Gasteiger partial charge in [0.2, 0.25) is 0 Å². The summed E-state index contributed by atoms with van der Waals surface area (Å²) in [5.74, 6) is 5.91. The van der Waals surface area contributed by atoms with Gasteiger partial charge in [-0.3, -0.25) is 4.79 Å². The van der Waals surface area contributed by atoms with E-state index in [2.05, 4.69) is 0 Å². The molecule has 140 valence electrons. The normalized spacial score (nSPS) is 15.2. The van der Waals surface area contributed by atoms with Crippen LogP contribution in [-0.4, -0.2) is 25.0 Å². The number of hydrogen-bond donors (Lipinski definition) is 2. The summed E-state index contributed by atoms with van der Waals surface area (Å²) in [6, 6.07) is 14.9. The number of hydrogen-bond acceptors (Lipinski definition) is 4. The molecule has 0 aliphatic carbocycles. The third-order valence-corrected chi connectivity index (χ3v) is 3.88. The monoisotopic (exact) mass is 354 g/mol. The van der Waals surface area contributed by atoms with E-state index in [0.717, 1.165) is 16.8 Å². The third kappa shape index (κ3) is 3.89. The van der Waals surface area contributed by atoms with Crippen molar-refractivity contribution in [2.75, 3.05) is 19.0 Å². The second-order valence-electron chi connectivity index (χ2n) is 5.30. The van der Waals surface area contributed by atoms with Crippen LogP contribution in [0, 0.1) is 0 Å². The van der Waals surface area contributed by atoms with Gasteiger partial charge in [0.15, 0.2) is 0 Å². The van der Waals surface area contributed by atoms with E-state index in [0.29, 0.717) is 17.0 Å². The summed E-state index contributed by atoms with van der Waals surface area (Å²) in [6.45, 7) is 8.00. The van der Waals surface area contributed by atoms with Crippen molar-refractivity contribution >= 4 is 23.0 Å². The molecule has 0 unspecified atom stereocenters. The van der Waals surface area contributed by atoms with Gasteiger partial charge in [-0.05, 0) is 12.1 Å². The molecule has 0 spiro atoms. The van der Waals surface area contributed by atoms with E-state index in [1.165, 1.54) is 5.01 Å². The van der Waals surface area contributed by atoms with Gasteiger partial charge in [-0.1, -0.05) is 64.1 Å². The van der Waals surface area contributed by atoms with Gasteiger partial charge >= 0.3 is 0 Å². The van der Waals surface area contributed by atoms with Crippen molar-refractivity contribution in [1.29, 1.82) is 0 Å². The smallest absolute Gasteiger partial charge is 0.258 e. The number of hydrazine groups is 1. The summed E-state index contributed by atoms with van der Waals surface area (Å²) in [5.41, 5.74) is 10.5. The summed E-state index contributed by atoms with van der Waals surface area (Å²) in [7, 11) is 3.47. The fourth-order valence-electron chi connectivity index (χ4n) is 2.81. The summed E-state index contributed by atoms with van der Waals surface area (Å²) < 4.78 is 0. The molecule has 1 aliphatic rings. The van der Waals surface area contributed by atoms with Crippen LogP contribution in [0.3, 0.4) is 0 Å². The lowest BCUT2D eigenvalue weighted by atomic mass is 9.96. The van der Waals surface area contributed by atoms with Crippen LogP contribution in [0.2, 0.25) is 0 Å². The Morgan fingerprint density at radius 1 is 0.846 bits per heavy atom. The van der Waals surface area contributed by atoms with E-state index in [1.54, 1.807) is 25.1 Å². The Balaban J connectivity index is 0.000000791. The van der Waals surface area contributed by atoms with Gasteiger partial charge in [0.05, 0.1) is 17.1 Å². The number of nitrogens with zero attached hydrogens (tertiary/aromatic N) is 2. The number of carbonyl (C=O) groups excluding carboxylic acids is 1. The fraction of sp³-hybridized carbons (Fsp3) is 0.286. The van der Waals surface area contributed by atoms with Crippen LogP contribution in [0.1, 0.15) is 49.2 Å². The van der Waals surface area contributed by atoms with Crippen molar-refractivity contribution in [3.63, 3.8) is 0 Å². The molecule has 1 heterocycles. The minimum absolute atomic E-state index is 0.0881. The standard InChI is InChI=1S/C17H18N4O.2C2H6/c1-20-14-10-6-5-9-13(14)15(18)16(21(2)19)11-7-3-4-8-12(11)17(20)22;2*1-2/h3-10H,18-19H2,1-2H3;2*1-2H3/b16-15-;;. The molecule has 0 fully saturated rings. The van der Waals surface area contributed by atoms with Crippen LogP contribution in [-0.2, 0) is 0 Å². The molecular formula is C21H30N4O. The highest BCUT2D eigenvalue weighted by atomic mass is 16.2. The zero-order valence-corrected chi connectivity index (χ0v) is 16.6. The van der Waals surface area contributed by atoms with Gasteiger partial charge < -0.3 is 15.6 Å². The number of benzene rings is 2. The average molecular weight is 354 g/mol. The van der Waals surface area contributed by atoms with Gasteiger partial charge in [0.25, 0.3) is 5.91 Å². The lowest BCUT2D eigenvalue weighted by molar-refractivity contribution is 0.0992. The first-order valence-electron chi connectivity index (χ1n) is 8.97. The first kappa shape index (κ1) is 21.3. The number of para-hydroxylation sites is 1. The maximum atomic E-state index is 12.8. The summed E-state index contributed by atoms with van der Waals surface area (Å²) in [6.07, 6.45) is 0. The van der Waals surface area contributed by atoms with Crippen LogP contribution < -0.4 is 16.5 Å². The third-order valence-electron chi connectivity index (χ3n) is 3.88. The Morgan fingerprint density at radius 2 is 1.31 bits per heavy atom. The van der Waals surface area contributed by atoms with Crippen molar-refractivity contribution in [2.24, 2.45) is 11.6 Å². The highest BCUT2D eigenvalue weighted by Gasteiger charge is 2.27. The van der Waals surface area contributed by atoms with Crippen LogP contribution in [0.4, 0.5) is 5.69 Å². The molecule has 26 heavy (non-hydrogen) atoms. The SMILES string of the molecule is CC.CC.CN(N)/C1=C(\N)c2ccccc2N(C)C(=O)c2ccccc21. The Kier molecular flexibility index (Phi) is 7.87. The molecule has 4 N–H and O–H groups in total. The maximum absolute atomic E-state index is 12.8. The number of rotatable bonds is 1. The topological polar surface area (TPSA) is 75.6 Å². The minimum atomic E-state index is -0.0881. The van der Waals surface area contributed by atoms with Gasteiger partial charge in [-0.15, -0.1) is 0 Å². The lowest BCUT2D eigenvalue weighted by Crippen LogP contribution is -2.33. The van der Waals surface area contributed by atoms with E-state index in [4.69, 9.17) is 11.6 Å². The molecule has 0 saturated heterocycles. The molecule has 2 aromatic rings. The van der Waals surface area contributed by atoms with Crippen LogP contribution >= 0.6 is 0 Å². The number of anilines is 1. The zero-order valence-electron chi connectivity index (χ0n) is 16.6. The van der Waals surface area contributed by atoms with E-state index in [-0.39, 0.29) is 5.91 Å². The van der Waals surface area contributed by atoms with E-state index in [1.807, 2.05) is 70.2 Å². The number of nitrogens with two attached hydrogens (primary N) is 2. The highest BCUT2D eigenvalue weighted by molar-refractivity contribution is 6.13. The van der Waals surface area contributed by atoms with Crippen molar-refractivity contribution in [3.05, 3.63) is 65.2 Å². The molecule has 0 radical (unpaired) electrons. The number of fused-ring (bicyclic) bond motifs is 2. The quantitative estimate of drug-likeness (QED) is 0.601. The van der Waals surface area contributed by atoms with Crippen molar-refractivity contribution in [1.82, 2.24) is 5.01 Å². The minimum Gasteiger partial charge on any atom is -0.396 e. The number of carbonyl (C=O) groups is 1. The summed E-state index contributed by atoms with van der Waals surface area (Å²) in [4.78, 5) is 14.4. The molecule has 3 rings (SSSR count). The van der Waals surface area contributed by atoms with E-state index in [9.17, 15) is 4.79 Å². The first-order chi connectivity index (χ1) is 12.5. The lowest BCUT2D eigenvalue weighted by Gasteiger charge is -2.29. The van der Waals surface area contributed by atoms with Gasteiger partial charge in [-0.2, -0.15) is 0 Å². The highest BCUT2D eigenvalue weighted by Crippen LogP contribution is 2.34. The second kappa shape index (κ2) is 9.63. The summed E-state index contributed by atoms with van der Waals surface area (Å²) in [5, 5.41) is 1.46. The Bertz CT molecular complexity index is 781. The zero-order chi connectivity index (χ0) is 19.9. The van der Waals surface area contributed by atoms with E-state index < -0.39 is 0 Å². The molecule has 0 atom stereocenters. The molecular weight excluding hydrogens is 324 g/mol. The predicted molar refractivity (Wildman–Crippen MR) is 111 cm³/mol. The maximum Gasteiger partial charge on any atom is 0.258 e. The van der Waals surface area contributed by atoms with Crippen LogP contribution in [0.25, 0.3) is 11.4 Å². The molecule has 0 saturated carbocycles. The molecule has 0 bridgehead atoms. The molecule has 5 nitrogen and oxygen atoms in total. The van der Waals surface area contributed by atoms with Gasteiger partial charge in [0.1, 0.15) is 0 Å². The van der Waals surface area contributed by atoms with Crippen LogP contribution in [0.15, 0.2) is 48.5 Å². The largest absolute Gasteiger partial charge is 0.396 e. The first-order valence-corrected chi connectivity index (χ1v) is 8.97. The fourth-order valence-corrected chi connectivity index (χ4v) is 2.81. The number of amides is 1. The molecule has 1 amide bonds. The van der Waals surface area contributed by atoms with Gasteiger partial charge in [0, 0.05) is 30.8 Å². The van der Waals surface area contributed by atoms with Crippen molar-refractivity contribution < 1.29 is 4.79 Å². The van der Waals surface area contributed by atoms with Crippen molar-refractivity contribution in [3.8, 4) is 0 Å². The second-order valence-corrected chi connectivity index (χ2v) is 5.30. The van der Waals surface area contributed by atoms with Gasteiger partial charge in [-0.25, -0.2) is 5.84 Å². The average Bonchev–Trinajstić information content (AvgIpc) is 2.69. The Morgan fingerprint density at radius 3 is 1.85 bits per heavy atom.